The summed E-state index contributed by atoms with van der Waals surface area (Å²) in [5, 5.41) is 4.21. The molecule has 1 fully saturated rings. The molecule has 0 atom stereocenters. The van der Waals surface area contributed by atoms with Crippen LogP contribution < -0.4 is 5.73 Å². The molecule has 0 aliphatic heterocycles. The van der Waals surface area contributed by atoms with E-state index in [1.165, 1.54) is 12.0 Å². The van der Waals surface area contributed by atoms with Crippen molar-refractivity contribution >= 4 is 0 Å². The molecule has 0 radical (unpaired) electrons. The van der Waals surface area contributed by atoms with E-state index in [2.05, 4.69) is 29.4 Å². The van der Waals surface area contributed by atoms with Crippen molar-refractivity contribution in [3.63, 3.8) is 0 Å². The maximum Gasteiger partial charge on any atom is 0.233 e. The lowest BCUT2D eigenvalue weighted by Crippen LogP contribution is -2.36. The Hall–Kier alpha value is -2.46. The first-order chi connectivity index (χ1) is 11.8. The van der Waals surface area contributed by atoms with Crippen LogP contribution in [0, 0.1) is 0 Å². The molecule has 0 bridgehead atoms. The van der Waals surface area contributed by atoms with E-state index in [4.69, 9.17) is 15.2 Å². The first-order valence-corrected chi connectivity index (χ1v) is 8.47. The summed E-state index contributed by atoms with van der Waals surface area (Å²) in [6.45, 7) is 0.540. The Bertz CT molecular complexity index is 804. The molecule has 1 heterocycles. The average molecular weight is 319 g/mol. The lowest BCUT2D eigenvalue weighted by atomic mass is 9.65. The van der Waals surface area contributed by atoms with Gasteiger partial charge in [-0.15, -0.1) is 0 Å². The third kappa shape index (κ3) is 2.74. The normalized spacial score (nSPS) is 15.9. The molecule has 2 aromatic carbocycles. The van der Waals surface area contributed by atoms with Gasteiger partial charge >= 0.3 is 0 Å². The third-order valence-electron chi connectivity index (χ3n) is 5.02. The van der Waals surface area contributed by atoms with Gasteiger partial charge in [-0.2, -0.15) is 4.98 Å². The van der Waals surface area contributed by atoms with Crippen molar-refractivity contribution in [2.24, 2.45) is 5.73 Å². The minimum absolute atomic E-state index is 0.00377. The molecule has 0 unspecified atom stereocenters. The van der Waals surface area contributed by atoms with E-state index in [0.717, 1.165) is 36.3 Å². The lowest BCUT2D eigenvalue weighted by Gasteiger charge is -2.38. The minimum Gasteiger partial charge on any atom is -0.338 e. The molecule has 4 heteroatoms. The van der Waals surface area contributed by atoms with Crippen LogP contribution in [0.5, 0.6) is 0 Å². The Morgan fingerprint density at radius 2 is 1.71 bits per heavy atom. The Kier molecular flexibility index (Phi) is 3.90. The SMILES string of the molecule is NCc1ccc(-c2noc(C3(Cc4ccccc4)CCC3)n2)cc1. The van der Waals surface area contributed by atoms with Crippen molar-refractivity contribution in [2.45, 2.75) is 37.6 Å². The number of nitrogens with zero attached hydrogens (tertiary/aromatic N) is 2. The monoisotopic (exact) mass is 319 g/mol. The smallest absolute Gasteiger partial charge is 0.233 e. The van der Waals surface area contributed by atoms with Gasteiger partial charge in [-0.3, -0.25) is 0 Å². The van der Waals surface area contributed by atoms with Gasteiger partial charge < -0.3 is 10.3 Å². The molecule has 1 aromatic heterocycles. The Balaban J connectivity index is 1.60. The number of hydrogen-bond donors (Lipinski definition) is 1. The summed E-state index contributed by atoms with van der Waals surface area (Å²) >= 11 is 0. The van der Waals surface area contributed by atoms with Crippen molar-refractivity contribution < 1.29 is 4.52 Å². The summed E-state index contributed by atoms with van der Waals surface area (Å²) in [7, 11) is 0. The molecular weight excluding hydrogens is 298 g/mol. The van der Waals surface area contributed by atoms with E-state index in [9.17, 15) is 0 Å². The molecule has 1 aliphatic carbocycles. The quantitative estimate of drug-likeness (QED) is 0.775. The van der Waals surface area contributed by atoms with Crippen LogP contribution in [0.15, 0.2) is 59.1 Å². The predicted molar refractivity (Wildman–Crippen MR) is 93.3 cm³/mol. The summed E-state index contributed by atoms with van der Waals surface area (Å²) in [4.78, 5) is 4.72. The molecule has 0 spiro atoms. The third-order valence-corrected chi connectivity index (χ3v) is 5.02. The van der Waals surface area contributed by atoms with Crippen molar-refractivity contribution in [2.75, 3.05) is 0 Å². The maximum absolute atomic E-state index is 5.67. The van der Waals surface area contributed by atoms with E-state index >= 15 is 0 Å². The van der Waals surface area contributed by atoms with Crippen LogP contribution in [0.25, 0.3) is 11.4 Å². The zero-order chi connectivity index (χ0) is 16.4. The summed E-state index contributed by atoms with van der Waals surface area (Å²) in [5.74, 6) is 1.43. The van der Waals surface area contributed by atoms with Gasteiger partial charge in [-0.1, -0.05) is 66.2 Å². The number of rotatable bonds is 5. The predicted octanol–water partition coefficient (Wildman–Crippen LogP) is 3.86. The molecule has 0 saturated heterocycles. The fraction of sp³-hybridized carbons (Fsp3) is 0.300. The van der Waals surface area contributed by atoms with Gasteiger partial charge in [-0.25, -0.2) is 0 Å². The summed E-state index contributed by atoms with van der Waals surface area (Å²) in [5.41, 5.74) is 9.04. The topological polar surface area (TPSA) is 64.9 Å². The molecule has 1 saturated carbocycles. The second-order valence-corrected chi connectivity index (χ2v) is 6.62. The van der Waals surface area contributed by atoms with Gasteiger partial charge in [0.15, 0.2) is 0 Å². The van der Waals surface area contributed by atoms with Gasteiger partial charge in [0.05, 0.1) is 5.41 Å². The van der Waals surface area contributed by atoms with E-state index in [-0.39, 0.29) is 5.41 Å². The second-order valence-electron chi connectivity index (χ2n) is 6.62. The van der Waals surface area contributed by atoms with Gasteiger partial charge in [0.2, 0.25) is 11.7 Å². The van der Waals surface area contributed by atoms with Crippen molar-refractivity contribution in [3.05, 3.63) is 71.6 Å². The largest absolute Gasteiger partial charge is 0.338 e. The van der Waals surface area contributed by atoms with E-state index in [1.807, 2.05) is 30.3 Å². The van der Waals surface area contributed by atoms with Crippen LogP contribution in [0.2, 0.25) is 0 Å². The van der Waals surface area contributed by atoms with Crippen LogP contribution in [-0.4, -0.2) is 10.1 Å². The number of hydrogen-bond acceptors (Lipinski definition) is 4. The van der Waals surface area contributed by atoms with E-state index < -0.39 is 0 Å². The van der Waals surface area contributed by atoms with Gasteiger partial charge in [0.25, 0.3) is 0 Å². The van der Waals surface area contributed by atoms with Crippen LogP contribution in [0.4, 0.5) is 0 Å². The van der Waals surface area contributed by atoms with Crippen molar-refractivity contribution in [1.29, 1.82) is 0 Å². The highest BCUT2D eigenvalue weighted by atomic mass is 16.5. The molecule has 1 aliphatic rings. The fourth-order valence-corrected chi connectivity index (χ4v) is 3.40. The molecule has 2 N–H and O–H groups in total. The van der Waals surface area contributed by atoms with Gasteiger partial charge in [0, 0.05) is 12.1 Å². The highest BCUT2D eigenvalue weighted by molar-refractivity contribution is 5.54. The number of nitrogens with two attached hydrogens (primary N) is 1. The van der Waals surface area contributed by atoms with Crippen LogP contribution in [-0.2, 0) is 18.4 Å². The minimum atomic E-state index is 0.00377. The maximum atomic E-state index is 5.67. The van der Waals surface area contributed by atoms with Crippen molar-refractivity contribution in [3.8, 4) is 11.4 Å². The molecule has 24 heavy (non-hydrogen) atoms. The first kappa shape index (κ1) is 15.1. The van der Waals surface area contributed by atoms with Gasteiger partial charge in [0.1, 0.15) is 0 Å². The summed E-state index contributed by atoms with van der Waals surface area (Å²) in [6.07, 6.45) is 4.39. The molecule has 4 rings (SSSR count). The van der Waals surface area contributed by atoms with Crippen molar-refractivity contribution in [1.82, 2.24) is 10.1 Å². The van der Waals surface area contributed by atoms with E-state index in [1.54, 1.807) is 0 Å². The molecule has 4 nitrogen and oxygen atoms in total. The average Bonchev–Trinajstić information content (AvgIpc) is 3.09. The fourth-order valence-electron chi connectivity index (χ4n) is 3.40. The van der Waals surface area contributed by atoms with E-state index in [0.29, 0.717) is 12.4 Å². The number of benzene rings is 2. The molecule has 122 valence electrons. The summed E-state index contributed by atoms with van der Waals surface area (Å²) < 4.78 is 5.67. The van der Waals surface area contributed by atoms with Crippen LogP contribution in [0.3, 0.4) is 0 Å². The molecular formula is C20H21N3O. The zero-order valence-corrected chi connectivity index (χ0v) is 13.6. The molecule has 0 amide bonds. The highest BCUT2D eigenvalue weighted by Crippen LogP contribution is 2.45. The number of aromatic nitrogens is 2. The zero-order valence-electron chi connectivity index (χ0n) is 13.6. The Morgan fingerprint density at radius 1 is 0.958 bits per heavy atom. The lowest BCUT2D eigenvalue weighted by molar-refractivity contribution is 0.173. The molecule has 3 aromatic rings. The highest BCUT2D eigenvalue weighted by Gasteiger charge is 2.43. The second kappa shape index (κ2) is 6.21. The van der Waals surface area contributed by atoms with Crippen LogP contribution >= 0.6 is 0 Å². The summed E-state index contributed by atoms with van der Waals surface area (Å²) in [6, 6.07) is 18.6. The standard InChI is InChI=1S/C20H21N3O/c21-14-16-7-9-17(10-8-16)18-22-19(24-23-18)20(11-4-12-20)13-15-5-2-1-3-6-15/h1-3,5-10H,4,11-14,21H2. The van der Waals surface area contributed by atoms with Crippen LogP contribution in [0.1, 0.15) is 36.3 Å². The Labute approximate surface area is 141 Å². The van der Waals surface area contributed by atoms with Gasteiger partial charge in [-0.05, 0) is 30.4 Å². The Morgan fingerprint density at radius 3 is 2.33 bits per heavy atom. The first-order valence-electron chi connectivity index (χ1n) is 8.47.